The van der Waals surface area contributed by atoms with Crippen molar-refractivity contribution in [2.75, 3.05) is 11.3 Å². The Kier molecular flexibility index (Phi) is 4.47. The van der Waals surface area contributed by atoms with E-state index in [4.69, 9.17) is 0 Å². The number of amides is 1. The van der Waals surface area contributed by atoms with Gasteiger partial charge < -0.3 is 4.90 Å². The largest absolute Gasteiger partial charge is 0.338 e. The minimum absolute atomic E-state index is 0.00128. The first-order valence-corrected chi connectivity index (χ1v) is 9.10. The molecule has 0 unspecified atom stereocenters. The summed E-state index contributed by atoms with van der Waals surface area (Å²) in [5.41, 5.74) is 1.68. The number of halogens is 2. The molecule has 132 valence electrons. The number of benzene rings is 2. The number of anilines is 1. The Morgan fingerprint density at radius 1 is 1.08 bits per heavy atom. The van der Waals surface area contributed by atoms with Crippen molar-refractivity contribution in [1.29, 1.82) is 0 Å². The molecule has 8 heteroatoms. The van der Waals surface area contributed by atoms with Crippen LogP contribution in [0.2, 0.25) is 0 Å². The molecule has 0 aromatic heterocycles. The van der Waals surface area contributed by atoms with Crippen LogP contribution in [0, 0.1) is 11.6 Å². The number of hydrogen-bond acceptors (Lipinski definition) is 3. The van der Waals surface area contributed by atoms with Crippen molar-refractivity contribution in [2.45, 2.75) is 24.8 Å². The summed E-state index contributed by atoms with van der Waals surface area (Å²) >= 11 is 0. The molecule has 2 aromatic rings. The Morgan fingerprint density at radius 3 is 2.52 bits per heavy atom. The quantitative estimate of drug-likeness (QED) is 0.908. The first-order chi connectivity index (χ1) is 11.8. The van der Waals surface area contributed by atoms with E-state index in [0.717, 1.165) is 29.3 Å². The predicted octanol–water partition coefficient (Wildman–Crippen LogP) is 2.67. The number of rotatable bonds is 3. The SMILES string of the molecule is CC(=O)N1CCc2ccc(S(=O)(=O)Nc3ccc(F)c(F)c3)cc2C1. The first kappa shape index (κ1) is 17.3. The first-order valence-electron chi connectivity index (χ1n) is 7.61. The molecule has 0 fully saturated rings. The number of sulfonamides is 1. The van der Waals surface area contributed by atoms with E-state index in [-0.39, 0.29) is 16.5 Å². The topological polar surface area (TPSA) is 66.5 Å². The van der Waals surface area contributed by atoms with Gasteiger partial charge in [-0.15, -0.1) is 0 Å². The Morgan fingerprint density at radius 2 is 1.84 bits per heavy atom. The molecule has 5 nitrogen and oxygen atoms in total. The fourth-order valence-electron chi connectivity index (χ4n) is 2.74. The summed E-state index contributed by atoms with van der Waals surface area (Å²) in [6.45, 7) is 2.41. The maximum Gasteiger partial charge on any atom is 0.261 e. The average molecular weight is 366 g/mol. The highest BCUT2D eigenvalue weighted by atomic mass is 32.2. The highest BCUT2D eigenvalue weighted by Crippen LogP contribution is 2.24. The minimum atomic E-state index is -3.96. The van der Waals surface area contributed by atoms with Gasteiger partial charge in [0.25, 0.3) is 10.0 Å². The third-order valence-electron chi connectivity index (χ3n) is 4.12. The fraction of sp³-hybridized carbons (Fsp3) is 0.235. The molecule has 0 atom stereocenters. The number of fused-ring (bicyclic) bond motifs is 1. The zero-order chi connectivity index (χ0) is 18.2. The van der Waals surface area contributed by atoms with E-state index in [9.17, 15) is 22.0 Å². The second-order valence-corrected chi connectivity index (χ2v) is 7.54. The fourth-order valence-corrected chi connectivity index (χ4v) is 3.84. The van der Waals surface area contributed by atoms with Gasteiger partial charge in [-0.2, -0.15) is 0 Å². The highest BCUT2D eigenvalue weighted by Gasteiger charge is 2.22. The van der Waals surface area contributed by atoms with Crippen LogP contribution in [0.15, 0.2) is 41.3 Å². The monoisotopic (exact) mass is 366 g/mol. The maximum absolute atomic E-state index is 13.3. The summed E-state index contributed by atoms with van der Waals surface area (Å²) in [6, 6.07) is 7.46. The van der Waals surface area contributed by atoms with Crippen molar-refractivity contribution in [1.82, 2.24) is 4.90 Å². The molecule has 25 heavy (non-hydrogen) atoms. The van der Waals surface area contributed by atoms with E-state index in [2.05, 4.69) is 4.72 Å². The van der Waals surface area contributed by atoms with Crippen LogP contribution < -0.4 is 4.72 Å². The summed E-state index contributed by atoms with van der Waals surface area (Å²) in [5.74, 6) is -2.26. The minimum Gasteiger partial charge on any atom is -0.338 e. The van der Waals surface area contributed by atoms with E-state index >= 15 is 0 Å². The van der Waals surface area contributed by atoms with E-state index in [1.807, 2.05) is 0 Å². The molecular weight excluding hydrogens is 350 g/mol. The van der Waals surface area contributed by atoms with Crippen molar-refractivity contribution in [3.63, 3.8) is 0 Å². The predicted molar refractivity (Wildman–Crippen MR) is 88.4 cm³/mol. The summed E-state index contributed by atoms with van der Waals surface area (Å²) in [7, 11) is -3.96. The van der Waals surface area contributed by atoms with Crippen molar-refractivity contribution in [3.8, 4) is 0 Å². The van der Waals surface area contributed by atoms with Crippen LogP contribution in [0.4, 0.5) is 14.5 Å². The molecule has 1 aliphatic heterocycles. The van der Waals surface area contributed by atoms with Gasteiger partial charge in [-0.25, -0.2) is 17.2 Å². The zero-order valence-corrected chi connectivity index (χ0v) is 14.2. The third kappa shape index (κ3) is 3.63. The van der Waals surface area contributed by atoms with Gasteiger partial charge in [-0.3, -0.25) is 9.52 Å². The molecule has 1 heterocycles. The Bertz CT molecular complexity index is 945. The van der Waals surface area contributed by atoms with Crippen LogP contribution in [0.1, 0.15) is 18.1 Å². The molecule has 0 aliphatic carbocycles. The van der Waals surface area contributed by atoms with Gasteiger partial charge in [0.1, 0.15) is 0 Å². The summed E-state index contributed by atoms with van der Waals surface area (Å²) in [6.07, 6.45) is 0.659. The lowest BCUT2D eigenvalue weighted by Gasteiger charge is -2.28. The lowest BCUT2D eigenvalue weighted by Crippen LogP contribution is -2.34. The molecular formula is C17H16F2N2O3S. The van der Waals surface area contributed by atoms with E-state index in [0.29, 0.717) is 19.5 Å². The number of hydrogen-bond donors (Lipinski definition) is 1. The highest BCUT2D eigenvalue weighted by molar-refractivity contribution is 7.92. The van der Waals surface area contributed by atoms with Crippen LogP contribution in [0.25, 0.3) is 0 Å². The molecule has 0 saturated heterocycles. The summed E-state index contributed by atoms with van der Waals surface area (Å²) in [5, 5.41) is 0. The zero-order valence-electron chi connectivity index (χ0n) is 13.4. The molecule has 0 spiro atoms. The molecule has 2 aromatic carbocycles. The van der Waals surface area contributed by atoms with Gasteiger partial charge in [0, 0.05) is 26.1 Å². The van der Waals surface area contributed by atoms with Crippen LogP contribution in [0.3, 0.4) is 0 Å². The Labute approximate surface area is 144 Å². The lowest BCUT2D eigenvalue weighted by molar-refractivity contribution is -0.129. The smallest absolute Gasteiger partial charge is 0.261 e. The van der Waals surface area contributed by atoms with Crippen LogP contribution >= 0.6 is 0 Å². The second kappa shape index (κ2) is 6.44. The van der Waals surface area contributed by atoms with Gasteiger partial charge in [0.15, 0.2) is 11.6 Å². The van der Waals surface area contributed by atoms with Crippen molar-refractivity contribution in [3.05, 3.63) is 59.2 Å². The molecule has 0 bridgehead atoms. The number of carbonyl (C=O) groups is 1. The van der Waals surface area contributed by atoms with E-state index < -0.39 is 21.7 Å². The number of nitrogens with one attached hydrogen (secondary N) is 1. The summed E-state index contributed by atoms with van der Waals surface area (Å²) < 4.78 is 53.4. The standard InChI is InChI=1S/C17H16F2N2O3S/c1-11(22)21-7-6-12-2-4-15(8-13(12)10-21)25(23,24)20-14-3-5-16(18)17(19)9-14/h2-5,8-9,20H,6-7,10H2,1H3. The van der Waals surface area contributed by atoms with Gasteiger partial charge in [0.2, 0.25) is 5.91 Å². The second-order valence-electron chi connectivity index (χ2n) is 5.86. The number of carbonyl (C=O) groups excluding carboxylic acids is 1. The number of nitrogens with zero attached hydrogens (tertiary/aromatic N) is 1. The van der Waals surface area contributed by atoms with Crippen LogP contribution in [-0.2, 0) is 27.8 Å². The van der Waals surface area contributed by atoms with Crippen molar-refractivity contribution < 1.29 is 22.0 Å². The van der Waals surface area contributed by atoms with Gasteiger partial charge in [0.05, 0.1) is 10.6 Å². The van der Waals surface area contributed by atoms with Crippen LogP contribution in [0.5, 0.6) is 0 Å². The molecule has 0 radical (unpaired) electrons. The lowest BCUT2D eigenvalue weighted by atomic mass is 10.00. The maximum atomic E-state index is 13.3. The normalized spacial score (nSPS) is 14.1. The molecule has 1 N–H and O–H groups in total. The van der Waals surface area contributed by atoms with E-state index in [1.54, 1.807) is 11.0 Å². The molecule has 1 amide bonds. The van der Waals surface area contributed by atoms with Gasteiger partial charge >= 0.3 is 0 Å². The van der Waals surface area contributed by atoms with Crippen molar-refractivity contribution in [2.24, 2.45) is 0 Å². The van der Waals surface area contributed by atoms with E-state index in [1.165, 1.54) is 19.1 Å². The molecule has 1 aliphatic rings. The van der Waals surface area contributed by atoms with Gasteiger partial charge in [-0.1, -0.05) is 6.07 Å². The van der Waals surface area contributed by atoms with Crippen LogP contribution in [-0.4, -0.2) is 25.8 Å². The molecule has 3 rings (SSSR count). The third-order valence-corrected chi connectivity index (χ3v) is 5.50. The summed E-state index contributed by atoms with van der Waals surface area (Å²) in [4.78, 5) is 13.2. The Hall–Kier alpha value is -2.48. The van der Waals surface area contributed by atoms with Crippen molar-refractivity contribution >= 4 is 21.6 Å². The Balaban J connectivity index is 1.89. The average Bonchev–Trinajstić information content (AvgIpc) is 2.57. The van der Waals surface area contributed by atoms with Gasteiger partial charge in [-0.05, 0) is 41.8 Å². The molecule has 0 saturated carbocycles.